The van der Waals surface area contributed by atoms with Crippen molar-refractivity contribution in [2.24, 2.45) is 5.73 Å². The van der Waals surface area contributed by atoms with Gasteiger partial charge in [-0.05, 0) is 32.4 Å². The highest BCUT2D eigenvalue weighted by Crippen LogP contribution is 2.23. The number of aryl methyl sites for hydroxylation is 1. The molecule has 1 aliphatic rings. The molecule has 0 radical (unpaired) electrons. The van der Waals surface area contributed by atoms with Gasteiger partial charge in [0, 0.05) is 31.4 Å². The van der Waals surface area contributed by atoms with Crippen LogP contribution in [-0.2, 0) is 11.3 Å². The molecule has 1 saturated heterocycles. The fraction of sp³-hybridized carbons (Fsp3) is 0.615. The van der Waals surface area contributed by atoms with E-state index in [0.717, 1.165) is 24.5 Å². The van der Waals surface area contributed by atoms with Crippen molar-refractivity contribution >= 4 is 5.82 Å². The summed E-state index contributed by atoms with van der Waals surface area (Å²) in [7, 11) is 0. The Bertz CT molecular complexity index is 384. The highest BCUT2D eigenvalue weighted by atomic mass is 16.5. The standard InChI is InChI=1S/C13H21N3O/c1-9-4-5-15-13(12(9)6-14)16-7-10(2)17-11(3)8-16/h4-5,10-11H,6-8,14H2,1-3H3. The first-order valence-corrected chi connectivity index (χ1v) is 6.16. The lowest BCUT2D eigenvalue weighted by molar-refractivity contribution is -0.00551. The molecule has 0 amide bonds. The average Bonchev–Trinajstić information content (AvgIpc) is 2.27. The van der Waals surface area contributed by atoms with Gasteiger partial charge in [-0.15, -0.1) is 0 Å². The molecule has 1 aromatic rings. The summed E-state index contributed by atoms with van der Waals surface area (Å²) >= 11 is 0. The second kappa shape index (κ2) is 5.02. The van der Waals surface area contributed by atoms with Gasteiger partial charge in [-0.3, -0.25) is 0 Å². The third kappa shape index (κ3) is 2.58. The topological polar surface area (TPSA) is 51.4 Å². The van der Waals surface area contributed by atoms with Crippen molar-refractivity contribution in [3.8, 4) is 0 Å². The second-order valence-electron chi connectivity index (χ2n) is 4.80. The molecule has 2 rings (SSSR count). The molecule has 2 unspecified atom stereocenters. The van der Waals surface area contributed by atoms with E-state index in [-0.39, 0.29) is 12.2 Å². The predicted octanol–water partition coefficient (Wildman–Crippen LogP) is 1.46. The summed E-state index contributed by atoms with van der Waals surface area (Å²) in [6, 6.07) is 2.01. The van der Waals surface area contributed by atoms with E-state index < -0.39 is 0 Å². The summed E-state index contributed by atoms with van der Waals surface area (Å²) in [6.45, 7) is 8.58. The Morgan fingerprint density at radius 1 is 1.41 bits per heavy atom. The Kier molecular flexibility index (Phi) is 3.64. The lowest BCUT2D eigenvalue weighted by Crippen LogP contribution is -2.46. The van der Waals surface area contributed by atoms with Gasteiger partial charge in [-0.2, -0.15) is 0 Å². The summed E-state index contributed by atoms with van der Waals surface area (Å²) in [5.41, 5.74) is 8.19. The van der Waals surface area contributed by atoms with Gasteiger partial charge in [0.2, 0.25) is 0 Å². The first-order valence-electron chi connectivity index (χ1n) is 6.16. The fourth-order valence-corrected chi connectivity index (χ4v) is 2.45. The maximum Gasteiger partial charge on any atom is 0.133 e. The van der Waals surface area contributed by atoms with Crippen LogP contribution < -0.4 is 10.6 Å². The van der Waals surface area contributed by atoms with Crippen LogP contribution >= 0.6 is 0 Å². The normalized spacial score (nSPS) is 25.1. The smallest absolute Gasteiger partial charge is 0.133 e. The number of nitrogens with two attached hydrogens (primary N) is 1. The number of pyridine rings is 1. The van der Waals surface area contributed by atoms with E-state index >= 15 is 0 Å². The summed E-state index contributed by atoms with van der Waals surface area (Å²) in [5, 5.41) is 0. The van der Waals surface area contributed by atoms with Crippen LogP contribution in [0.3, 0.4) is 0 Å². The first-order chi connectivity index (χ1) is 8.11. The van der Waals surface area contributed by atoms with Gasteiger partial charge in [0.1, 0.15) is 5.82 Å². The molecule has 0 aromatic carbocycles. The molecule has 0 aliphatic carbocycles. The zero-order valence-electron chi connectivity index (χ0n) is 10.8. The van der Waals surface area contributed by atoms with Crippen molar-refractivity contribution in [3.05, 3.63) is 23.4 Å². The largest absolute Gasteiger partial charge is 0.372 e. The van der Waals surface area contributed by atoms with Crippen molar-refractivity contribution < 1.29 is 4.74 Å². The monoisotopic (exact) mass is 235 g/mol. The lowest BCUT2D eigenvalue weighted by Gasteiger charge is -2.37. The molecule has 0 spiro atoms. The van der Waals surface area contributed by atoms with Gasteiger partial charge >= 0.3 is 0 Å². The van der Waals surface area contributed by atoms with Crippen LogP contribution in [0.4, 0.5) is 5.82 Å². The number of aromatic nitrogens is 1. The third-order valence-corrected chi connectivity index (χ3v) is 3.19. The van der Waals surface area contributed by atoms with Crippen molar-refractivity contribution in [1.82, 2.24) is 4.98 Å². The summed E-state index contributed by atoms with van der Waals surface area (Å²) in [6.07, 6.45) is 2.34. The molecule has 1 aromatic heterocycles. The van der Waals surface area contributed by atoms with Gasteiger partial charge in [0.25, 0.3) is 0 Å². The Balaban J connectivity index is 2.30. The molecule has 4 nitrogen and oxygen atoms in total. The first kappa shape index (κ1) is 12.3. The average molecular weight is 235 g/mol. The van der Waals surface area contributed by atoms with E-state index in [0.29, 0.717) is 6.54 Å². The SMILES string of the molecule is Cc1ccnc(N2CC(C)OC(C)C2)c1CN. The zero-order chi connectivity index (χ0) is 12.4. The zero-order valence-corrected chi connectivity index (χ0v) is 10.8. The maximum absolute atomic E-state index is 5.83. The van der Waals surface area contributed by atoms with Crippen LogP contribution in [0.25, 0.3) is 0 Å². The van der Waals surface area contributed by atoms with Crippen LogP contribution in [0, 0.1) is 6.92 Å². The molecule has 2 atom stereocenters. The predicted molar refractivity (Wildman–Crippen MR) is 69.1 cm³/mol. The van der Waals surface area contributed by atoms with Crippen LogP contribution in [0.5, 0.6) is 0 Å². The number of morpholine rings is 1. The molecule has 0 bridgehead atoms. The number of rotatable bonds is 2. The minimum atomic E-state index is 0.242. The van der Waals surface area contributed by atoms with Crippen LogP contribution in [-0.4, -0.2) is 30.3 Å². The highest BCUT2D eigenvalue weighted by molar-refractivity contribution is 5.50. The molecule has 17 heavy (non-hydrogen) atoms. The molecule has 2 N–H and O–H groups in total. The Morgan fingerprint density at radius 3 is 2.65 bits per heavy atom. The van der Waals surface area contributed by atoms with Gasteiger partial charge in [-0.25, -0.2) is 4.98 Å². The van der Waals surface area contributed by atoms with E-state index in [1.165, 1.54) is 5.56 Å². The molecule has 4 heteroatoms. The van der Waals surface area contributed by atoms with E-state index in [1.54, 1.807) is 0 Å². The van der Waals surface area contributed by atoms with Crippen LogP contribution in [0.2, 0.25) is 0 Å². The van der Waals surface area contributed by atoms with E-state index in [2.05, 4.69) is 30.7 Å². The third-order valence-electron chi connectivity index (χ3n) is 3.19. The van der Waals surface area contributed by atoms with E-state index in [9.17, 15) is 0 Å². The number of hydrogen-bond acceptors (Lipinski definition) is 4. The van der Waals surface area contributed by atoms with Gasteiger partial charge in [0.15, 0.2) is 0 Å². The summed E-state index contributed by atoms with van der Waals surface area (Å²) in [4.78, 5) is 6.78. The lowest BCUT2D eigenvalue weighted by atomic mass is 10.1. The van der Waals surface area contributed by atoms with Crippen LogP contribution in [0.1, 0.15) is 25.0 Å². The molecular formula is C13H21N3O. The minimum Gasteiger partial charge on any atom is -0.372 e. The number of ether oxygens (including phenoxy) is 1. The number of nitrogens with zero attached hydrogens (tertiary/aromatic N) is 2. The second-order valence-corrected chi connectivity index (χ2v) is 4.80. The number of anilines is 1. The molecule has 1 fully saturated rings. The van der Waals surface area contributed by atoms with Crippen molar-refractivity contribution in [1.29, 1.82) is 0 Å². The quantitative estimate of drug-likeness (QED) is 0.843. The molecular weight excluding hydrogens is 214 g/mol. The van der Waals surface area contributed by atoms with Crippen molar-refractivity contribution in [2.45, 2.75) is 39.5 Å². The number of hydrogen-bond donors (Lipinski definition) is 1. The Hall–Kier alpha value is -1.13. The molecule has 94 valence electrons. The van der Waals surface area contributed by atoms with Crippen molar-refractivity contribution in [2.75, 3.05) is 18.0 Å². The minimum absolute atomic E-state index is 0.242. The van der Waals surface area contributed by atoms with Gasteiger partial charge in [0.05, 0.1) is 12.2 Å². The van der Waals surface area contributed by atoms with E-state index in [1.807, 2.05) is 12.3 Å². The van der Waals surface area contributed by atoms with E-state index in [4.69, 9.17) is 10.5 Å². The van der Waals surface area contributed by atoms with Gasteiger partial charge < -0.3 is 15.4 Å². The van der Waals surface area contributed by atoms with Crippen LogP contribution in [0.15, 0.2) is 12.3 Å². The van der Waals surface area contributed by atoms with Crippen molar-refractivity contribution in [3.63, 3.8) is 0 Å². The summed E-state index contributed by atoms with van der Waals surface area (Å²) in [5.74, 6) is 1.02. The molecule has 2 heterocycles. The Morgan fingerprint density at radius 2 is 2.06 bits per heavy atom. The molecule has 0 saturated carbocycles. The maximum atomic E-state index is 5.83. The Labute approximate surface area is 103 Å². The van der Waals surface area contributed by atoms with Gasteiger partial charge in [-0.1, -0.05) is 0 Å². The highest BCUT2D eigenvalue weighted by Gasteiger charge is 2.24. The molecule has 1 aliphatic heterocycles. The fourth-order valence-electron chi connectivity index (χ4n) is 2.45. The summed E-state index contributed by atoms with van der Waals surface area (Å²) < 4.78 is 5.74.